The summed E-state index contributed by atoms with van der Waals surface area (Å²) < 4.78 is 1.67. The summed E-state index contributed by atoms with van der Waals surface area (Å²) in [5, 5.41) is 5.22. The van der Waals surface area contributed by atoms with Crippen molar-refractivity contribution in [2.75, 3.05) is 14.2 Å². The molecule has 0 spiro atoms. The van der Waals surface area contributed by atoms with Crippen molar-refractivity contribution in [1.82, 2.24) is 14.8 Å². The van der Waals surface area contributed by atoms with Crippen molar-refractivity contribution in [3.8, 4) is 0 Å². The largest absolute Gasteiger partial charge is 0.275 e. The Morgan fingerprint density at radius 2 is 2.43 bits per heavy atom. The highest BCUT2D eigenvalue weighted by atomic mass is 16.7. The van der Waals surface area contributed by atoms with E-state index in [-0.39, 0.29) is 5.91 Å². The molecule has 0 saturated heterocycles. The van der Waals surface area contributed by atoms with Gasteiger partial charge in [-0.1, -0.05) is 0 Å². The third-order valence-electron chi connectivity index (χ3n) is 1.72. The SMILES string of the molecule is CON(C)C(=O)/C=C/c1ccn(C)n1. The van der Waals surface area contributed by atoms with E-state index < -0.39 is 0 Å². The zero-order chi connectivity index (χ0) is 10.6. The first-order chi connectivity index (χ1) is 6.63. The van der Waals surface area contributed by atoms with E-state index in [9.17, 15) is 4.79 Å². The molecule has 5 heteroatoms. The Morgan fingerprint density at radius 1 is 1.71 bits per heavy atom. The highest BCUT2D eigenvalue weighted by molar-refractivity contribution is 5.90. The van der Waals surface area contributed by atoms with Crippen molar-refractivity contribution in [1.29, 1.82) is 0 Å². The Morgan fingerprint density at radius 3 is 2.93 bits per heavy atom. The summed E-state index contributed by atoms with van der Waals surface area (Å²) in [5.41, 5.74) is 0.741. The molecule has 0 aliphatic carbocycles. The maximum Gasteiger partial charge on any atom is 0.269 e. The number of carbonyl (C=O) groups excluding carboxylic acids is 1. The van der Waals surface area contributed by atoms with Gasteiger partial charge in [-0.3, -0.25) is 14.3 Å². The monoisotopic (exact) mass is 195 g/mol. The number of amides is 1. The molecule has 5 nitrogen and oxygen atoms in total. The molecule has 1 heterocycles. The number of aromatic nitrogens is 2. The summed E-state index contributed by atoms with van der Waals surface area (Å²) >= 11 is 0. The number of rotatable bonds is 3. The van der Waals surface area contributed by atoms with Gasteiger partial charge in [-0.05, 0) is 12.1 Å². The Labute approximate surface area is 82.5 Å². The van der Waals surface area contributed by atoms with Gasteiger partial charge in [0.2, 0.25) is 0 Å². The van der Waals surface area contributed by atoms with Crippen LogP contribution in [-0.4, -0.2) is 34.9 Å². The Bertz CT molecular complexity index is 344. The zero-order valence-corrected chi connectivity index (χ0v) is 8.47. The maximum absolute atomic E-state index is 11.2. The number of nitrogens with zero attached hydrogens (tertiary/aromatic N) is 3. The summed E-state index contributed by atoms with van der Waals surface area (Å²) in [5.74, 6) is -0.224. The molecule has 1 aromatic rings. The summed E-state index contributed by atoms with van der Waals surface area (Å²) in [7, 11) is 4.80. The molecule has 1 aromatic heterocycles. The maximum atomic E-state index is 11.2. The molecular weight excluding hydrogens is 182 g/mol. The van der Waals surface area contributed by atoms with E-state index in [1.165, 1.54) is 13.2 Å². The van der Waals surface area contributed by atoms with Gasteiger partial charge < -0.3 is 0 Å². The van der Waals surface area contributed by atoms with E-state index in [2.05, 4.69) is 5.10 Å². The molecule has 0 bridgehead atoms. The minimum Gasteiger partial charge on any atom is -0.275 e. The van der Waals surface area contributed by atoms with Crippen LogP contribution in [0.15, 0.2) is 18.3 Å². The quantitative estimate of drug-likeness (QED) is 0.519. The molecule has 14 heavy (non-hydrogen) atoms. The lowest BCUT2D eigenvalue weighted by Gasteiger charge is -2.09. The highest BCUT2D eigenvalue weighted by Gasteiger charge is 2.02. The van der Waals surface area contributed by atoms with E-state index in [0.29, 0.717) is 0 Å². The van der Waals surface area contributed by atoms with Crippen molar-refractivity contribution in [3.05, 3.63) is 24.0 Å². The van der Waals surface area contributed by atoms with Crippen LogP contribution in [0.25, 0.3) is 6.08 Å². The third kappa shape index (κ3) is 2.70. The van der Waals surface area contributed by atoms with Crippen molar-refractivity contribution in [2.45, 2.75) is 0 Å². The van der Waals surface area contributed by atoms with Gasteiger partial charge in [0.15, 0.2) is 0 Å². The lowest BCUT2D eigenvalue weighted by molar-refractivity contribution is -0.162. The average Bonchev–Trinajstić information content (AvgIpc) is 2.59. The number of likely N-dealkylation sites (N-methyl/N-ethyl adjacent to an activating group) is 1. The van der Waals surface area contributed by atoms with Crippen LogP contribution >= 0.6 is 0 Å². The van der Waals surface area contributed by atoms with Crippen LogP contribution in [0.3, 0.4) is 0 Å². The first kappa shape index (κ1) is 10.5. The number of aryl methyl sites for hydroxylation is 1. The molecule has 0 saturated carbocycles. The minimum absolute atomic E-state index is 0.224. The normalized spacial score (nSPS) is 10.8. The van der Waals surface area contributed by atoms with Crippen molar-refractivity contribution in [3.63, 3.8) is 0 Å². The molecular formula is C9H13N3O2. The van der Waals surface area contributed by atoms with Gasteiger partial charge in [0.1, 0.15) is 0 Å². The molecule has 0 aliphatic rings. The van der Waals surface area contributed by atoms with E-state index in [4.69, 9.17) is 4.84 Å². The van der Waals surface area contributed by atoms with Gasteiger partial charge in [-0.25, -0.2) is 5.06 Å². The lowest BCUT2D eigenvalue weighted by Crippen LogP contribution is -2.22. The summed E-state index contributed by atoms with van der Waals surface area (Å²) in [6, 6.07) is 1.82. The number of hydroxylamine groups is 2. The lowest BCUT2D eigenvalue weighted by atomic mass is 10.4. The van der Waals surface area contributed by atoms with Gasteiger partial charge >= 0.3 is 0 Å². The Balaban J connectivity index is 2.60. The minimum atomic E-state index is -0.224. The second-order valence-electron chi connectivity index (χ2n) is 2.77. The second kappa shape index (κ2) is 4.57. The van der Waals surface area contributed by atoms with Crippen LogP contribution < -0.4 is 0 Å². The Kier molecular flexibility index (Phi) is 3.41. The molecule has 0 radical (unpaired) electrons. The predicted octanol–water partition coefficient (Wildman–Crippen LogP) is 0.453. The fraction of sp³-hybridized carbons (Fsp3) is 0.333. The van der Waals surface area contributed by atoms with Gasteiger partial charge in [-0.15, -0.1) is 0 Å². The molecule has 0 N–H and O–H groups in total. The van der Waals surface area contributed by atoms with Gasteiger partial charge in [0.05, 0.1) is 12.8 Å². The first-order valence-corrected chi connectivity index (χ1v) is 4.13. The van der Waals surface area contributed by atoms with Crippen molar-refractivity contribution in [2.24, 2.45) is 7.05 Å². The molecule has 0 unspecified atom stereocenters. The molecule has 76 valence electrons. The zero-order valence-electron chi connectivity index (χ0n) is 8.47. The second-order valence-corrected chi connectivity index (χ2v) is 2.77. The summed E-state index contributed by atoms with van der Waals surface area (Å²) in [6.45, 7) is 0. The topological polar surface area (TPSA) is 47.4 Å². The molecule has 0 aliphatic heterocycles. The van der Waals surface area contributed by atoms with E-state index in [0.717, 1.165) is 10.8 Å². The van der Waals surface area contributed by atoms with E-state index >= 15 is 0 Å². The summed E-state index contributed by atoms with van der Waals surface area (Å²) in [4.78, 5) is 15.9. The van der Waals surface area contributed by atoms with Crippen LogP contribution in [0.5, 0.6) is 0 Å². The number of hydrogen-bond donors (Lipinski definition) is 0. The molecule has 1 rings (SSSR count). The van der Waals surface area contributed by atoms with Crippen molar-refractivity contribution < 1.29 is 9.63 Å². The van der Waals surface area contributed by atoms with Crippen LogP contribution in [-0.2, 0) is 16.7 Å². The van der Waals surface area contributed by atoms with Crippen LogP contribution in [0.1, 0.15) is 5.69 Å². The third-order valence-corrected chi connectivity index (χ3v) is 1.72. The van der Waals surface area contributed by atoms with E-state index in [1.54, 1.807) is 17.8 Å². The summed E-state index contributed by atoms with van der Waals surface area (Å²) in [6.07, 6.45) is 4.86. The first-order valence-electron chi connectivity index (χ1n) is 4.13. The number of carbonyl (C=O) groups is 1. The predicted molar refractivity (Wildman–Crippen MR) is 52.0 cm³/mol. The molecule has 0 aromatic carbocycles. The van der Waals surface area contributed by atoms with Gasteiger partial charge in [-0.2, -0.15) is 5.10 Å². The highest BCUT2D eigenvalue weighted by Crippen LogP contribution is 1.98. The van der Waals surface area contributed by atoms with Gasteiger partial charge in [0.25, 0.3) is 5.91 Å². The average molecular weight is 195 g/mol. The molecule has 0 fully saturated rings. The van der Waals surface area contributed by atoms with Gasteiger partial charge in [0, 0.05) is 26.4 Å². The Hall–Kier alpha value is -1.62. The van der Waals surface area contributed by atoms with Crippen LogP contribution in [0.2, 0.25) is 0 Å². The standard InChI is InChI=1S/C9H13N3O2/c1-11-7-6-8(10-11)4-5-9(13)12(2)14-3/h4-7H,1-3H3/b5-4+. The fourth-order valence-electron chi connectivity index (χ4n) is 0.874. The fourth-order valence-corrected chi connectivity index (χ4v) is 0.874. The number of hydrogen-bond acceptors (Lipinski definition) is 3. The van der Waals surface area contributed by atoms with E-state index in [1.807, 2.05) is 19.3 Å². The van der Waals surface area contributed by atoms with Crippen molar-refractivity contribution >= 4 is 12.0 Å². The van der Waals surface area contributed by atoms with Crippen LogP contribution in [0, 0.1) is 0 Å². The smallest absolute Gasteiger partial charge is 0.269 e. The molecule has 0 atom stereocenters. The molecule has 1 amide bonds. The van der Waals surface area contributed by atoms with Crippen LogP contribution in [0.4, 0.5) is 0 Å².